The van der Waals surface area contributed by atoms with Gasteiger partial charge in [0.1, 0.15) is 5.75 Å². The molecule has 0 saturated heterocycles. The highest BCUT2D eigenvalue weighted by molar-refractivity contribution is 6.17. The molecule has 5 nitrogen and oxygen atoms in total. The van der Waals surface area contributed by atoms with Crippen LogP contribution in [0.25, 0.3) is 0 Å². The Balaban J connectivity index is 2.86. The van der Waals surface area contributed by atoms with Gasteiger partial charge in [0.05, 0.1) is 19.0 Å². The van der Waals surface area contributed by atoms with Crippen molar-refractivity contribution in [2.45, 2.75) is 0 Å². The number of rotatable bonds is 3. The molecule has 6 heteroatoms. The van der Waals surface area contributed by atoms with Crippen LogP contribution < -0.4 is 15.1 Å². The molecule has 0 aliphatic carbocycles. The number of methoxy groups -OCH3 is 1. The summed E-state index contributed by atoms with van der Waals surface area (Å²) in [5.74, 6) is 0.691. The first kappa shape index (κ1) is 8.67. The van der Waals surface area contributed by atoms with Gasteiger partial charge in [-0.25, -0.2) is 4.98 Å². The maximum Gasteiger partial charge on any atom is 0.569 e. The second-order valence-corrected chi connectivity index (χ2v) is 1.99. The lowest BCUT2D eigenvalue weighted by molar-refractivity contribution is 0.397. The number of nitrogen functional groups attached to an aromatic ring is 1. The highest BCUT2D eigenvalue weighted by Crippen LogP contribution is 2.21. The second-order valence-electron chi connectivity index (χ2n) is 1.99. The predicted molar refractivity (Wildman–Crippen MR) is 43.8 cm³/mol. The molecule has 0 aliphatic heterocycles. The normalized spacial score (nSPS) is 9.17. The van der Waals surface area contributed by atoms with E-state index in [0.717, 1.165) is 0 Å². The van der Waals surface area contributed by atoms with Crippen molar-refractivity contribution in [1.82, 2.24) is 4.98 Å². The molecule has 0 aromatic carbocycles. The summed E-state index contributed by atoms with van der Waals surface area (Å²) >= 11 is 0. The zero-order valence-electron chi connectivity index (χ0n) is 6.52. The Morgan fingerprint density at radius 2 is 2.42 bits per heavy atom. The van der Waals surface area contributed by atoms with Gasteiger partial charge in [0.15, 0.2) is 0 Å². The number of ether oxygens (including phenoxy) is 1. The van der Waals surface area contributed by atoms with Gasteiger partial charge in [-0.3, -0.25) is 0 Å². The zero-order chi connectivity index (χ0) is 8.97. The highest BCUT2D eigenvalue weighted by atomic mass is 16.5. The van der Waals surface area contributed by atoms with Gasteiger partial charge in [-0.15, -0.1) is 0 Å². The lowest BCUT2D eigenvalue weighted by Gasteiger charge is -2.05. The summed E-state index contributed by atoms with van der Waals surface area (Å²) in [6, 6.07) is 1.50. The van der Waals surface area contributed by atoms with Crippen molar-refractivity contribution < 1.29 is 14.4 Å². The predicted octanol–water partition coefficient (Wildman–Crippen LogP) is -0.422. The van der Waals surface area contributed by atoms with Gasteiger partial charge in [0, 0.05) is 6.07 Å². The molecule has 0 bridgehead atoms. The van der Waals surface area contributed by atoms with Crippen LogP contribution in [0.4, 0.5) is 5.69 Å². The fourth-order valence-electron chi connectivity index (χ4n) is 0.745. The molecule has 63 valence electrons. The van der Waals surface area contributed by atoms with Crippen molar-refractivity contribution >= 4 is 13.4 Å². The second kappa shape index (κ2) is 3.82. The van der Waals surface area contributed by atoms with E-state index in [2.05, 4.69) is 9.64 Å². The number of pyridine rings is 1. The quantitative estimate of drug-likeness (QED) is 0.597. The minimum Gasteiger partial charge on any atom is -0.536 e. The van der Waals surface area contributed by atoms with Crippen LogP contribution in [0.3, 0.4) is 0 Å². The SMILES string of the molecule is COc1ncc(O[B]O)cc1N. The van der Waals surface area contributed by atoms with Crippen molar-refractivity contribution in [1.29, 1.82) is 0 Å². The molecular weight excluding hydrogens is 159 g/mol. The molecule has 0 atom stereocenters. The van der Waals surface area contributed by atoms with Crippen LogP contribution in [0.1, 0.15) is 0 Å². The number of hydrogen-bond acceptors (Lipinski definition) is 5. The highest BCUT2D eigenvalue weighted by Gasteiger charge is 2.02. The smallest absolute Gasteiger partial charge is 0.536 e. The molecule has 0 aliphatic rings. The Bertz CT molecular complexity index is 269. The molecule has 3 N–H and O–H groups in total. The van der Waals surface area contributed by atoms with E-state index < -0.39 is 0 Å². The first-order valence-electron chi connectivity index (χ1n) is 3.20. The van der Waals surface area contributed by atoms with E-state index in [1.165, 1.54) is 19.4 Å². The molecule has 0 spiro atoms. The van der Waals surface area contributed by atoms with E-state index in [1.54, 1.807) is 0 Å². The zero-order valence-corrected chi connectivity index (χ0v) is 6.52. The average Bonchev–Trinajstić information content (AvgIpc) is 2.05. The Morgan fingerprint density at radius 1 is 1.67 bits per heavy atom. The van der Waals surface area contributed by atoms with Gasteiger partial charge in [0.2, 0.25) is 5.88 Å². The van der Waals surface area contributed by atoms with Crippen molar-refractivity contribution in [3.05, 3.63) is 12.3 Å². The van der Waals surface area contributed by atoms with E-state index >= 15 is 0 Å². The molecule has 0 saturated carbocycles. The maximum absolute atomic E-state index is 8.29. The minimum absolute atomic E-state index is 0.334. The third-order valence-electron chi connectivity index (χ3n) is 1.24. The van der Waals surface area contributed by atoms with E-state index in [4.69, 9.17) is 15.5 Å². The fraction of sp³-hybridized carbons (Fsp3) is 0.167. The third kappa shape index (κ3) is 1.79. The number of nitrogens with zero attached hydrogens (tertiary/aromatic N) is 1. The average molecular weight is 167 g/mol. The summed E-state index contributed by atoms with van der Waals surface area (Å²) in [5.41, 5.74) is 5.86. The van der Waals surface area contributed by atoms with E-state index in [1.807, 2.05) is 0 Å². The van der Waals surface area contributed by atoms with Crippen molar-refractivity contribution in [3.8, 4) is 11.6 Å². The van der Waals surface area contributed by atoms with E-state index in [0.29, 0.717) is 25.0 Å². The molecule has 0 amide bonds. The fourth-order valence-corrected chi connectivity index (χ4v) is 0.745. The maximum atomic E-state index is 8.29. The number of hydrogen-bond donors (Lipinski definition) is 2. The van der Waals surface area contributed by atoms with Gasteiger partial charge in [-0.1, -0.05) is 0 Å². The van der Waals surface area contributed by atoms with Crippen LogP contribution in [0.5, 0.6) is 11.6 Å². The van der Waals surface area contributed by atoms with Crippen LogP contribution in [-0.4, -0.2) is 24.8 Å². The Hall–Kier alpha value is -1.43. The number of aromatic nitrogens is 1. The first-order valence-corrected chi connectivity index (χ1v) is 3.20. The van der Waals surface area contributed by atoms with Crippen molar-refractivity contribution in [3.63, 3.8) is 0 Å². The summed E-state index contributed by atoms with van der Waals surface area (Å²) in [5, 5.41) is 8.29. The molecule has 12 heavy (non-hydrogen) atoms. The Labute approximate surface area is 70.4 Å². The largest absolute Gasteiger partial charge is 0.569 e. The van der Waals surface area contributed by atoms with Crippen LogP contribution in [0, 0.1) is 0 Å². The van der Waals surface area contributed by atoms with Gasteiger partial charge in [-0.2, -0.15) is 0 Å². The molecule has 1 radical (unpaired) electrons. The monoisotopic (exact) mass is 167 g/mol. The van der Waals surface area contributed by atoms with E-state index in [9.17, 15) is 0 Å². The van der Waals surface area contributed by atoms with Crippen molar-refractivity contribution in [2.75, 3.05) is 12.8 Å². The molecule has 1 heterocycles. The molecule has 1 rings (SSSR count). The van der Waals surface area contributed by atoms with Crippen LogP contribution >= 0.6 is 0 Å². The summed E-state index contributed by atoms with van der Waals surface area (Å²) in [7, 11) is 2.03. The lowest BCUT2D eigenvalue weighted by atomic mass is 10.3. The lowest BCUT2D eigenvalue weighted by Crippen LogP contribution is -2.02. The van der Waals surface area contributed by atoms with E-state index in [-0.39, 0.29) is 0 Å². The minimum atomic E-state index is 0.334. The summed E-state index contributed by atoms with van der Waals surface area (Å²) < 4.78 is 9.43. The number of nitrogens with two attached hydrogens (primary N) is 1. The molecule has 1 aromatic heterocycles. The standard InChI is InChI=1S/C6H8BN2O3/c1-11-6-5(8)2-4(3-9-6)12-7-10/h2-3,10H,8H2,1H3. The summed E-state index contributed by atoms with van der Waals surface area (Å²) in [6.07, 6.45) is 1.39. The third-order valence-corrected chi connectivity index (χ3v) is 1.24. The Kier molecular flexibility index (Phi) is 2.76. The summed E-state index contributed by atoms with van der Waals surface area (Å²) in [4.78, 5) is 3.81. The van der Waals surface area contributed by atoms with Gasteiger partial charge >= 0.3 is 7.69 Å². The molecular formula is C6H8BN2O3. The molecule has 0 unspecified atom stereocenters. The van der Waals surface area contributed by atoms with Crippen molar-refractivity contribution in [2.24, 2.45) is 0 Å². The van der Waals surface area contributed by atoms with Crippen LogP contribution in [-0.2, 0) is 0 Å². The molecule has 0 fully saturated rings. The molecule has 1 aromatic rings. The Morgan fingerprint density at radius 3 is 2.92 bits per heavy atom. The van der Waals surface area contributed by atoms with Crippen LogP contribution in [0.15, 0.2) is 12.3 Å². The summed E-state index contributed by atoms with van der Waals surface area (Å²) in [6.45, 7) is 0. The van der Waals surface area contributed by atoms with Crippen LogP contribution in [0.2, 0.25) is 0 Å². The topological polar surface area (TPSA) is 77.6 Å². The van der Waals surface area contributed by atoms with Gasteiger partial charge in [0.25, 0.3) is 0 Å². The first-order chi connectivity index (χ1) is 5.77. The van der Waals surface area contributed by atoms with Gasteiger partial charge < -0.3 is 20.1 Å². The van der Waals surface area contributed by atoms with Gasteiger partial charge in [-0.05, 0) is 0 Å². The number of anilines is 1.